The molecule has 0 radical (unpaired) electrons. The summed E-state index contributed by atoms with van der Waals surface area (Å²) < 4.78 is 0. The van der Waals surface area contributed by atoms with E-state index in [1.165, 1.54) is 6.08 Å². The van der Waals surface area contributed by atoms with Gasteiger partial charge < -0.3 is 5.11 Å². The molecule has 0 aromatic heterocycles. The highest BCUT2D eigenvalue weighted by molar-refractivity contribution is 5.74. The van der Waals surface area contributed by atoms with E-state index in [-0.39, 0.29) is 6.42 Å². The Kier molecular flexibility index (Phi) is 3.61. The van der Waals surface area contributed by atoms with E-state index >= 15 is 0 Å². The number of carboxylic acids is 1. The molecule has 1 N–H and O–H groups in total. The third-order valence-corrected chi connectivity index (χ3v) is 1.70. The Hall–Kier alpha value is -1.90. The Bertz CT molecular complexity index is 349. The van der Waals surface area contributed by atoms with E-state index in [2.05, 4.69) is 0 Å². The molecule has 0 heterocycles. The maximum absolute atomic E-state index is 10.4. The van der Waals surface area contributed by atoms with Gasteiger partial charge in [-0.25, -0.2) is 0 Å². The molecule has 0 unspecified atom stereocenters. The van der Waals surface area contributed by atoms with E-state index in [9.17, 15) is 9.59 Å². The summed E-state index contributed by atoms with van der Waals surface area (Å²) in [6, 6.07) is 7.02. The minimum atomic E-state index is -0.846. The predicted molar refractivity (Wildman–Crippen MR) is 52.9 cm³/mol. The van der Waals surface area contributed by atoms with Crippen LogP contribution in [0.2, 0.25) is 0 Å². The summed E-state index contributed by atoms with van der Waals surface area (Å²) in [6.07, 6.45) is 3.78. The maximum atomic E-state index is 10.4. The van der Waals surface area contributed by atoms with Crippen molar-refractivity contribution in [3.63, 3.8) is 0 Å². The van der Waals surface area contributed by atoms with Gasteiger partial charge in [-0.05, 0) is 17.2 Å². The number of benzene rings is 1. The molecular weight excluding hydrogens is 180 g/mol. The van der Waals surface area contributed by atoms with E-state index in [4.69, 9.17) is 5.11 Å². The zero-order valence-electron chi connectivity index (χ0n) is 7.51. The Labute approximate surface area is 81.7 Å². The molecule has 0 aliphatic rings. The fourth-order valence-electron chi connectivity index (χ4n) is 1.07. The van der Waals surface area contributed by atoms with Gasteiger partial charge in [-0.2, -0.15) is 0 Å². The van der Waals surface area contributed by atoms with Gasteiger partial charge in [0.2, 0.25) is 0 Å². The smallest absolute Gasteiger partial charge is 0.307 e. The first kappa shape index (κ1) is 10.2. The average molecular weight is 190 g/mol. The van der Waals surface area contributed by atoms with Crippen molar-refractivity contribution in [3.8, 4) is 0 Å². The molecule has 0 aliphatic heterocycles. The summed E-state index contributed by atoms with van der Waals surface area (Å²) in [4.78, 5) is 20.4. The summed E-state index contributed by atoms with van der Waals surface area (Å²) in [6.45, 7) is 0. The normalized spacial score (nSPS) is 10.3. The van der Waals surface area contributed by atoms with Crippen LogP contribution < -0.4 is 0 Å². The fraction of sp³-hybridized carbons (Fsp3) is 0.0909. The van der Waals surface area contributed by atoms with Gasteiger partial charge in [0.05, 0.1) is 6.42 Å². The zero-order valence-corrected chi connectivity index (χ0v) is 7.51. The highest BCUT2D eigenvalue weighted by Crippen LogP contribution is 2.06. The van der Waals surface area contributed by atoms with Gasteiger partial charge in [-0.1, -0.05) is 30.3 Å². The zero-order chi connectivity index (χ0) is 10.4. The van der Waals surface area contributed by atoms with Gasteiger partial charge in [-0.3, -0.25) is 9.59 Å². The average Bonchev–Trinajstić information content (AvgIpc) is 2.16. The van der Waals surface area contributed by atoms with Crippen molar-refractivity contribution in [2.24, 2.45) is 0 Å². The number of aliphatic carboxylic acids is 1. The second kappa shape index (κ2) is 4.97. The van der Waals surface area contributed by atoms with Crippen LogP contribution in [0.1, 0.15) is 11.1 Å². The lowest BCUT2D eigenvalue weighted by Gasteiger charge is -1.97. The molecule has 3 nitrogen and oxygen atoms in total. The number of hydrogen-bond donors (Lipinski definition) is 1. The molecule has 72 valence electrons. The number of allylic oxidation sites excluding steroid dienone is 1. The Balaban J connectivity index is 2.73. The van der Waals surface area contributed by atoms with Gasteiger partial charge in [-0.15, -0.1) is 0 Å². The van der Waals surface area contributed by atoms with Crippen LogP contribution in [-0.2, 0) is 16.0 Å². The Morgan fingerprint density at radius 1 is 1.29 bits per heavy atom. The van der Waals surface area contributed by atoms with E-state index in [0.717, 1.165) is 11.1 Å². The monoisotopic (exact) mass is 190 g/mol. The molecule has 0 spiro atoms. The summed E-state index contributed by atoms with van der Waals surface area (Å²) in [5.41, 5.74) is 1.63. The van der Waals surface area contributed by atoms with E-state index in [1.807, 2.05) is 0 Å². The molecule has 0 amide bonds. The molecule has 1 aromatic carbocycles. The van der Waals surface area contributed by atoms with Crippen LogP contribution in [0, 0.1) is 0 Å². The molecule has 0 saturated carbocycles. The summed E-state index contributed by atoms with van der Waals surface area (Å²) in [7, 11) is 0. The number of carbonyl (C=O) groups excluding carboxylic acids is 1. The lowest BCUT2D eigenvalue weighted by Crippen LogP contribution is -1.99. The van der Waals surface area contributed by atoms with Crippen molar-refractivity contribution in [3.05, 3.63) is 41.5 Å². The SMILES string of the molecule is O=C/C=C/c1ccc(CC(=O)O)cc1. The standard InChI is InChI=1S/C11H10O3/c12-7-1-2-9-3-5-10(6-4-9)8-11(13)14/h1-7H,8H2,(H,13,14)/b2-1+. The van der Waals surface area contributed by atoms with E-state index < -0.39 is 5.97 Å². The van der Waals surface area contributed by atoms with Crippen molar-refractivity contribution in [1.29, 1.82) is 0 Å². The molecule has 0 fully saturated rings. The lowest BCUT2D eigenvalue weighted by molar-refractivity contribution is -0.136. The highest BCUT2D eigenvalue weighted by atomic mass is 16.4. The molecule has 0 aliphatic carbocycles. The topological polar surface area (TPSA) is 54.4 Å². The van der Waals surface area contributed by atoms with Crippen LogP contribution in [0.4, 0.5) is 0 Å². The molecule has 0 atom stereocenters. The third-order valence-electron chi connectivity index (χ3n) is 1.70. The molecule has 0 bridgehead atoms. The third kappa shape index (κ3) is 3.23. The fourth-order valence-corrected chi connectivity index (χ4v) is 1.07. The molecule has 1 aromatic rings. The second-order valence-corrected chi connectivity index (χ2v) is 2.81. The van der Waals surface area contributed by atoms with Gasteiger partial charge in [0.1, 0.15) is 6.29 Å². The molecule has 0 saturated heterocycles. The van der Waals surface area contributed by atoms with Crippen LogP contribution in [-0.4, -0.2) is 17.4 Å². The van der Waals surface area contributed by atoms with E-state index in [1.54, 1.807) is 30.3 Å². The van der Waals surface area contributed by atoms with Crippen molar-refractivity contribution < 1.29 is 14.7 Å². The van der Waals surface area contributed by atoms with Gasteiger partial charge in [0, 0.05) is 0 Å². The maximum Gasteiger partial charge on any atom is 0.307 e. The van der Waals surface area contributed by atoms with Crippen LogP contribution in [0.25, 0.3) is 6.08 Å². The minimum absolute atomic E-state index is 0.0255. The van der Waals surface area contributed by atoms with Crippen LogP contribution in [0.5, 0.6) is 0 Å². The van der Waals surface area contributed by atoms with Gasteiger partial charge in [0.25, 0.3) is 0 Å². The molecular formula is C11H10O3. The number of hydrogen-bond acceptors (Lipinski definition) is 2. The second-order valence-electron chi connectivity index (χ2n) is 2.81. The minimum Gasteiger partial charge on any atom is -0.481 e. The summed E-state index contributed by atoms with van der Waals surface area (Å²) in [5, 5.41) is 8.52. The van der Waals surface area contributed by atoms with Crippen molar-refractivity contribution in [2.45, 2.75) is 6.42 Å². The Morgan fingerprint density at radius 2 is 1.93 bits per heavy atom. The molecule has 1 rings (SSSR count). The van der Waals surface area contributed by atoms with Crippen LogP contribution >= 0.6 is 0 Å². The van der Waals surface area contributed by atoms with Gasteiger partial charge in [0.15, 0.2) is 0 Å². The highest BCUT2D eigenvalue weighted by Gasteiger charge is 1.98. The van der Waals surface area contributed by atoms with E-state index in [0.29, 0.717) is 6.29 Å². The number of rotatable bonds is 4. The van der Waals surface area contributed by atoms with Crippen molar-refractivity contribution >= 4 is 18.3 Å². The quantitative estimate of drug-likeness (QED) is 0.578. The lowest BCUT2D eigenvalue weighted by atomic mass is 10.1. The first-order valence-electron chi connectivity index (χ1n) is 4.15. The predicted octanol–water partition coefficient (Wildman–Crippen LogP) is 1.53. The number of carboxylic acid groups (broad SMARTS) is 1. The number of carbonyl (C=O) groups is 2. The Morgan fingerprint density at radius 3 is 2.43 bits per heavy atom. The van der Waals surface area contributed by atoms with Gasteiger partial charge >= 0.3 is 5.97 Å². The first-order chi connectivity index (χ1) is 6.72. The van der Waals surface area contributed by atoms with Crippen molar-refractivity contribution in [1.82, 2.24) is 0 Å². The number of aldehydes is 1. The molecule has 14 heavy (non-hydrogen) atoms. The van der Waals surface area contributed by atoms with Crippen LogP contribution in [0.3, 0.4) is 0 Å². The largest absolute Gasteiger partial charge is 0.481 e. The van der Waals surface area contributed by atoms with Crippen molar-refractivity contribution in [2.75, 3.05) is 0 Å². The first-order valence-corrected chi connectivity index (χ1v) is 4.15. The summed E-state index contributed by atoms with van der Waals surface area (Å²) >= 11 is 0. The van der Waals surface area contributed by atoms with Crippen LogP contribution in [0.15, 0.2) is 30.3 Å². The summed E-state index contributed by atoms with van der Waals surface area (Å²) in [5.74, 6) is -0.846. The molecule has 3 heteroatoms.